The van der Waals surface area contributed by atoms with Gasteiger partial charge in [-0.25, -0.2) is 0 Å². The molecule has 2 rings (SSSR count). The van der Waals surface area contributed by atoms with Crippen LogP contribution in [0.1, 0.15) is 29.6 Å². The Bertz CT molecular complexity index is 534. The van der Waals surface area contributed by atoms with Gasteiger partial charge in [-0.15, -0.1) is 11.3 Å². The number of nitrogens with zero attached hydrogens (tertiary/aromatic N) is 2. The molecule has 0 radical (unpaired) electrons. The largest absolute Gasteiger partial charge is 0.313 e. The van der Waals surface area contributed by atoms with Crippen LogP contribution in [-0.4, -0.2) is 22.4 Å². The standard InChI is InChI=1S/C15H22ClN3S/c1-4-7-17-12(9-13-6-5-8-20-13)10-14-15(16)11(2)18-19(14)3/h5-6,8,12,17H,4,7,9-10H2,1-3H3. The molecule has 0 spiro atoms. The first kappa shape index (κ1) is 15.5. The van der Waals surface area contributed by atoms with Crippen LogP contribution in [0.5, 0.6) is 0 Å². The van der Waals surface area contributed by atoms with E-state index in [0.29, 0.717) is 6.04 Å². The predicted octanol–water partition coefficient (Wildman–Crippen LogP) is 3.60. The molecule has 0 saturated carbocycles. The number of aromatic nitrogens is 2. The van der Waals surface area contributed by atoms with Crippen LogP contribution in [0.3, 0.4) is 0 Å². The van der Waals surface area contributed by atoms with Crippen LogP contribution in [0, 0.1) is 6.92 Å². The average Bonchev–Trinajstić information content (AvgIpc) is 3.00. The van der Waals surface area contributed by atoms with E-state index in [2.05, 4.69) is 34.9 Å². The molecule has 2 aromatic rings. The van der Waals surface area contributed by atoms with Gasteiger partial charge in [0.25, 0.3) is 0 Å². The number of halogens is 1. The summed E-state index contributed by atoms with van der Waals surface area (Å²) < 4.78 is 1.91. The maximum absolute atomic E-state index is 6.37. The first-order valence-electron chi connectivity index (χ1n) is 7.05. The van der Waals surface area contributed by atoms with E-state index in [1.54, 1.807) is 0 Å². The number of hydrogen-bond donors (Lipinski definition) is 1. The van der Waals surface area contributed by atoms with Crippen molar-refractivity contribution < 1.29 is 0 Å². The van der Waals surface area contributed by atoms with Gasteiger partial charge in [-0.1, -0.05) is 24.6 Å². The van der Waals surface area contributed by atoms with E-state index in [9.17, 15) is 0 Å². The Hall–Kier alpha value is -0.840. The minimum Gasteiger partial charge on any atom is -0.313 e. The molecule has 2 heterocycles. The minimum atomic E-state index is 0.404. The summed E-state index contributed by atoms with van der Waals surface area (Å²) in [5.41, 5.74) is 2.03. The molecule has 0 saturated heterocycles. The average molecular weight is 312 g/mol. The molecular weight excluding hydrogens is 290 g/mol. The molecule has 20 heavy (non-hydrogen) atoms. The zero-order chi connectivity index (χ0) is 14.5. The van der Waals surface area contributed by atoms with Crippen molar-refractivity contribution in [3.8, 4) is 0 Å². The lowest BCUT2D eigenvalue weighted by Gasteiger charge is -2.18. The molecule has 0 aliphatic rings. The van der Waals surface area contributed by atoms with E-state index >= 15 is 0 Å². The molecule has 0 bridgehead atoms. The van der Waals surface area contributed by atoms with Gasteiger partial charge in [0, 0.05) is 24.4 Å². The van der Waals surface area contributed by atoms with Gasteiger partial charge in [-0.3, -0.25) is 4.68 Å². The molecule has 110 valence electrons. The lowest BCUT2D eigenvalue weighted by molar-refractivity contribution is 0.493. The van der Waals surface area contributed by atoms with Gasteiger partial charge < -0.3 is 5.32 Å². The van der Waals surface area contributed by atoms with E-state index in [-0.39, 0.29) is 0 Å². The summed E-state index contributed by atoms with van der Waals surface area (Å²) >= 11 is 8.18. The molecule has 0 aliphatic carbocycles. The molecule has 1 atom stereocenters. The van der Waals surface area contributed by atoms with Gasteiger partial charge in [0.15, 0.2) is 0 Å². The van der Waals surface area contributed by atoms with Crippen molar-refractivity contribution in [1.82, 2.24) is 15.1 Å². The third kappa shape index (κ3) is 3.84. The third-order valence-corrected chi connectivity index (χ3v) is 4.80. The Morgan fingerprint density at radius 2 is 2.25 bits per heavy atom. The lowest BCUT2D eigenvalue weighted by Crippen LogP contribution is -2.34. The van der Waals surface area contributed by atoms with Crippen LogP contribution >= 0.6 is 22.9 Å². The Morgan fingerprint density at radius 3 is 2.80 bits per heavy atom. The van der Waals surface area contributed by atoms with E-state index in [4.69, 9.17) is 11.6 Å². The quantitative estimate of drug-likeness (QED) is 0.846. The third-order valence-electron chi connectivity index (χ3n) is 3.41. The number of nitrogens with one attached hydrogen (secondary N) is 1. The zero-order valence-electron chi connectivity index (χ0n) is 12.3. The first-order chi connectivity index (χ1) is 9.61. The molecule has 0 amide bonds. The second-order valence-corrected chi connectivity index (χ2v) is 6.52. The molecule has 1 N–H and O–H groups in total. The highest BCUT2D eigenvalue weighted by Crippen LogP contribution is 2.22. The summed E-state index contributed by atoms with van der Waals surface area (Å²) in [5.74, 6) is 0. The number of hydrogen-bond acceptors (Lipinski definition) is 3. The van der Waals surface area contributed by atoms with Crippen LogP contribution in [0.25, 0.3) is 0 Å². The van der Waals surface area contributed by atoms with Gasteiger partial charge in [0.2, 0.25) is 0 Å². The SMILES string of the molecule is CCCNC(Cc1cccs1)Cc1c(Cl)c(C)nn1C. The van der Waals surface area contributed by atoms with Gasteiger partial charge >= 0.3 is 0 Å². The van der Waals surface area contributed by atoms with E-state index in [1.807, 2.05) is 30.0 Å². The van der Waals surface area contributed by atoms with Crippen LogP contribution in [0.15, 0.2) is 17.5 Å². The molecule has 0 aliphatic heterocycles. The van der Waals surface area contributed by atoms with Gasteiger partial charge in [-0.2, -0.15) is 5.10 Å². The van der Waals surface area contributed by atoms with Crippen LogP contribution < -0.4 is 5.32 Å². The van der Waals surface area contributed by atoms with Gasteiger partial charge in [-0.05, 0) is 37.8 Å². The van der Waals surface area contributed by atoms with E-state index in [0.717, 1.165) is 42.2 Å². The number of aryl methyl sites for hydroxylation is 2. The summed E-state index contributed by atoms with van der Waals surface area (Å²) in [5, 5.41) is 11.0. The summed E-state index contributed by atoms with van der Waals surface area (Å²) in [4.78, 5) is 1.41. The van der Waals surface area contributed by atoms with Crippen molar-refractivity contribution in [3.63, 3.8) is 0 Å². The van der Waals surface area contributed by atoms with Crippen molar-refractivity contribution in [2.45, 2.75) is 39.2 Å². The fourth-order valence-corrected chi connectivity index (χ4v) is 3.40. The molecule has 5 heteroatoms. The maximum Gasteiger partial charge on any atom is 0.0847 e. The monoisotopic (exact) mass is 311 g/mol. The van der Waals surface area contributed by atoms with Crippen molar-refractivity contribution >= 4 is 22.9 Å². The van der Waals surface area contributed by atoms with Crippen LogP contribution in [0.2, 0.25) is 5.02 Å². The summed E-state index contributed by atoms with van der Waals surface area (Å²) in [6.45, 7) is 5.18. The lowest BCUT2D eigenvalue weighted by atomic mass is 10.1. The summed E-state index contributed by atoms with van der Waals surface area (Å²) in [7, 11) is 1.97. The zero-order valence-corrected chi connectivity index (χ0v) is 13.9. The normalized spacial score (nSPS) is 12.8. The maximum atomic E-state index is 6.37. The fraction of sp³-hybridized carbons (Fsp3) is 0.533. The second-order valence-electron chi connectivity index (χ2n) is 5.11. The van der Waals surface area contributed by atoms with Crippen molar-refractivity contribution in [3.05, 3.63) is 38.8 Å². The van der Waals surface area contributed by atoms with Crippen molar-refractivity contribution in [2.24, 2.45) is 7.05 Å². The van der Waals surface area contributed by atoms with Crippen molar-refractivity contribution in [1.29, 1.82) is 0 Å². The minimum absolute atomic E-state index is 0.404. The molecule has 0 fully saturated rings. The molecule has 1 unspecified atom stereocenters. The van der Waals surface area contributed by atoms with Crippen LogP contribution in [-0.2, 0) is 19.9 Å². The highest BCUT2D eigenvalue weighted by atomic mass is 35.5. The summed E-state index contributed by atoms with van der Waals surface area (Å²) in [6, 6.07) is 4.71. The highest BCUT2D eigenvalue weighted by molar-refractivity contribution is 7.09. The molecule has 0 aromatic carbocycles. The smallest absolute Gasteiger partial charge is 0.0847 e. The number of thiophene rings is 1. The fourth-order valence-electron chi connectivity index (χ4n) is 2.37. The number of rotatable bonds is 7. The second kappa shape index (κ2) is 7.25. The Kier molecular flexibility index (Phi) is 5.64. The van der Waals surface area contributed by atoms with Gasteiger partial charge in [0.05, 0.1) is 16.4 Å². The van der Waals surface area contributed by atoms with Gasteiger partial charge in [0.1, 0.15) is 0 Å². The van der Waals surface area contributed by atoms with E-state index in [1.165, 1.54) is 4.88 Å². The Balaban J connectivity index is 2.10. The Morgan fingerprint density at radius 1 is 1.45 bits per heavy atom. The summed E-state index contributed by atoms with van der Waals surface area (Å²) in [6.07, 6.45) is 3.09. The predicted molar refractivity (Wildman–Crippen MR) is 86.8 cm³/mol. The molecule has 3 nitrogen and oxygen atoms in total. The Labute approximate surface area is 130 Å². The molecule has 2 aromatic heterocycles. The van der Waals surface area contributed by atoms with E-state index < -0.39 is 0 Å². The molecular formula is C15H22ClN3S. The highest BCUT2D eigenvalue weighted by Gasteiger charge is 2.17. The first-order valence-corrected chi connectivity index (χ1v) is 8.31. The topological polar surface area (TPSA) is 29.9 Å². The van der Waals surface area contributed by atoms with Crippen molar-refractivity contribution in [2.75, 3.05) is 6.54 Å². The van der Waals surface area contributed by atoms with Crippen LogP contribution in [0.4, 0.5) is 0 Å².